The molecule has 0 aliphatic rings. The summed E-state index contributed by atoms with van der Waals surface area (Å²) >= 11 is 0. The minimum atomic E-state index is 0.839. The molecule has 0 atom stereocenters. The number of aryl methyl sites for hydroxylation is 1. The van der Waals surface area contributed by atoms with Gasteiger partial charge in [-0.2, -0.15) is 0 Å². The molecule has 0 spiro atoms. The van der Waals surface area contributed by atoms with E-state index in [1.165, 1.54) is 0 Å². The SMILES string of the molecule is C/C(=N/c1ccnc2c1ncn2C)N(C)C. The molecule has 0 N–H and O–H groups in total. The quantitative estimate of drug-likeness (QED) is 0.538. The zero-order valence-corrected chi connectivity index (χ0v) is 9.97. The van der Waals surface area contributed by atoms with E-state index in [9.17, 15) is 0 Å². The molecule has 16 heavy (non-hydrogen) atoms. The Bertz CT molecular complexity index is 538. The molecule has 2 rings (SSSR count). The fourth-order valence-electron chi connectivity index (χ4n) is 1.38. The Labute approximate surface area is 94.5 Å². The highest BCUT2D eigenvalue weighted by atomic mass is 15.1. The summed E-state index contributed by atoms with van der Waals surface area (Å²) in [4.78, 5) is 15.1. The van der Waals surface area contributed by atoms with Crippen molar-refractivity contribution in [2.24, 2.45) is 12.0 Å². The summed E-state index contributed by atoms with van der Waals surface area (Å²) in [6, 6.07) is 1.88. The van der Waals surface area contributed by atoms with E-state index in [4.69, 9.17) is 0 Å². The predicted molar refractivity (Wildman–Crippen MR) is 65.0 cm³/mol. The molecule has 0 fully saturated rings. The zero-order chi connectivity index (χ0) is 11.7. The van der Waals surface area contributed by atoms with E-state index in [-0.39, 0.29) is 0 Å². The van der Waals surface area contributed by atoms with Gasteiger partial charge in [0.15, 0.2) is 5.65 Å². The number of pyridine rings is 1. The van der Waals surface area contributed by atoms with Gasteiger partial charge in [-0.05, 0) is 13.0 Å². The summed E-state index contributed by atoms with van der Waals surface area (Å²) in [5.74, 6) is 0.943. The minimum absolute atomic E-state index is 0.839. The van der Waals surface area contributed by atoms with Crippen LogP contribution in [0.1, 0.15) is 6.92 Å². The van der Waals surface area contributed by atoms with Crippen molar-refractivity contribution in [2.75, 3.05) is 14.1 Å². The van der Waals surface area contributed by atoms with Crippen LogP contribution in [0.4, 0.5) is 5.69 Å². The van der Waals surface area contributed by atoms with Gasteiger partial charge in [-0.3, -0.25) is 0 Å². The van der Waals surface area contributed by atoms with Crippen LogP contribution in [-0.4, -0.2) is 39.4 Å². The molecule has 0 amide bonds. The van der Waals surface area contributed by atoms with Crippen LogP contribution in [0.2, 0.25) is 0 Å². The highest BCUT2D eigenvalue weighted by Gasteiger charge is 2.06. The molecule has 0 saturated carbocycles. The van der Waals surface area contributed by atoms with Crippen molar-refractivity contribution in [2.45, 2.75) is 6.92 Å². The first kappa shape index (κ1) is 10.6. The van der Waals surface area contributed by atoms with Crippen molar-refractivity contribution in [1.82, 2.24) is 19.4 Å². The monoisotopic (exact) mass is 217 g/mol. The average Bonchev–Trinajstić information content (AvgIpc) is 2.62. The average molecular weight is 217 g/mol. The molecule has 2 heterocycles. The number of imidazole rings is 1. The van der Waals surface area contributed by atoms with Crippen LogP contribution in [0.25, 0.3) is 11.2 Å². The maximum atomic E-state index is 4.53. The molecule has 0 radical (unpaired) electrons. The number of amidine groups is 1. The molecule has 0 unspecified atom stereocenters. The molecular formula is C11H15N5. The van der Waals surface area contributed by atoms with E-state index in [2.05, 4.69) is 15.0 Å². The standard InChI is InChI=1S/C11H15N5/c1-8(15(2)3)14-9-5-6-12-11-10(9)13-7-16(11)4/h5-7H,1-4H3/b14-8-. The molecule has 2 aromatic rings. The van der Waals surface area contributed by atoms with Crippen molar-refractivity contribution in [3.8, 4) is 0 Å². The number of rotatable bonds is 1. The van der Waals surface area contributed by atoms with Crippen LogP contribution < -0.4 is 0 Å². The van der Waals surface area contributed by atoms with E-state index in [1.807, 2.05) is 43.6 Å². The molecule has 84 valence electrons. The number of aliphatic imine (C=N–C) groups is 1. The fourth-order valence-corrected chi connectivity index (χ4v) is 1.38. The number of hydrogen-bond donors (Lipinski definition) is 0. The number of fused-ring (bicyclic) bond motifs is 1. The Balaban J connectivity index is 2.57. The summed E-state index contributed by atoms with van der Waals surface area (Å²) in [5, 5.41) is 0. The van der Waals surface area contributed by atoms with Gasteiger partial charge in [0.2, 0.25) is 0 Å². The van der Waals surface area contributed by atoms with Crippen LogP contribution in [0.15, 0.2) is 23.6 Å². The normalized spacial score (nSPS) is 12.1. The first-order valence-electron chi connectivity index (χ1n) is 5.08. The van der Waals surface area contributed by atoms with Crippen molar-refractivity contribution in [3.05, 3.63) is 18.6 Å². The first-order valence-corrected chi connectivity index (χ1v) is 5.08. The third-order valence-electron chi connectivity index (χ3n) is 2.51. The Morgan fingerprint density at radius 3 is 2.81 bits per heavy atom. The zero-order valence-electron chi connectivity index (χ0n) is 9.97. The lowest BCUT2D eigenvalue weighted by atomic mass is 10.3. The molecule has 0 bridgehead atoms. The molecule has 0 aromatic carbocycles. The van der Waals surface area contributed by atoms with Crippen molar-refractivity contribution in [1.29, 1.82) is 0 Å². The number of hydrogen-bond acceptors (Lipinski definition) is 3. The number of aromatic nitrogens is 3. The van der Waals surface area contributed by atoms with Gasteiger partial charge >= 0.3 is 0 Å². The van der Waals surface area contributed by atoms with E-state index < -0.39 is 0 Å². The van der Waals surface area contributed by atoms with E-state index in [1.54, 1.807) is 12.5 Å². The summed E-state index contributed by atoms with van der Waals surface area (Å²) in [7, 11) is 5.86. The Morgan fingerprint density at radius 2 is 2.12 bits per heavy atom. The summed E-state index contributed by atoms with van der Waals surface area (Å²) < 4.78 is 1.89. The van der Waals surface area contributed by atoms with Gasteiger partial charge in [-0.15, -0.1) is 0 Å². The van der Waals surface area contributed by atoms with Crippen molar-refractivity contribution < 1.29 is 0 Å². The van der Waals surface area contributed by atoms with Gasteiger partial charge in [0.25, 0.3) is 0 Å². The lowest BCUT2D eigenvalue weighted by molar-refractivity contribution is 0.619. The highest BCUT2D eigenvalue weighted by Crippen LogP contribution is 2.22. The van der Waals surface area contributed by atoms with Crippen LogP contribution in [0, 0.1) is 0 Å². The molecule has 0 saturated heterocycles. The second kappa shape index (κ2) is 3.92. The van der Waals surface area contributed by atoms with Gasteiger partial charge < -0.3 is 9.47 Å². The third kappa shape index (κ3) is 1.76. The highest BCUT2D eigenvalue weighted by molar-refractivity contribution is 5.89. The molecule has 5 heteroatoms. The summed E-state index contributed by atoms with van der Waals surface area (Å²) in [6.07, 6.45) is 3.51. The van der Waals surface area contributed by atoms with Gasteiger partial charge in [-0.25, -0.2) is 15.0 Å². The van der Waals surface area contributed by atoms with Gasteiger partial charge in [0, 0.05) is 27.3 Å². The lowest BCUT2D eigenvalue weighted by Crippen LogP contribution is -2.17. The predicted octanol–water partition coefficient (Wildman–Crippen LogP) is 1.58. The Morgan fingerprint density at radius 1 is 1.38 bits per heavy atom. The van der Waals surface area contributed by atoms with Crippen LogP contribution in [0.3, 0.4) is 0 Å². The van der Waals surface area contributed by atoms with Gasteiger partial charge in [0.05, 0.1) is 12.0 Å². The fraction of sp³-hybridized carbons (Fsp3) is 0.364. The third-order valence-corrected chi connectivity index (χ3v) is 2.51. The second-order valence-corrected chi connectivity index (χ2v) is 3.91. The van der Waals surface area contributed by atoms with Crippen molar-refractivity contribution in [3.63, 3.8) is 0 Å². The molecular weight excluding hydrogens is 202 g/mol. The first-order chi connectivity index (χ1) is 7.59. The Kier molecular flexibility index (Phi) is 2.60. The van der Waals surface area contributed by atoms with Crippen molar-refractivity contribution >= 4 is 22.7 Å². The number of nitrogens with zero attached hydrogens (tertiary/aromatic N) is 5. The smallest absolute Gasteiger partial charge is 0.161 e. The molecule has 5 nitrogen and oxygen atoms in total. The second-order valence-electron chi connectivity index (χ2n) is 3.91. The van der Waals surface area contributed by atoms with E-state index in [0.29, 0.717) is 0 Å². The Hall–Kier alpha value is -1.91. The van der Waals surface area contributed by atoms with Crippen LogP contribution in [-0.2, 0) is 7.05 Å². The topological polar surface area (TPSA) is 46.3 Å². The van der Waals surface area contributed by atoms with E-state index >= 15 is 0 Å². The van der Waals surface area contributed by atoms with E-state index in [0.717, 1.165) is 22.7 Å². The maximum Gasteiger partial charge on any atom is 0.161 e. The van der Waals surface area contributed by atoms with Gasteiger partial charge in [-0.1, -0.05) is 0 Å². The van der Waals surface area contributed by atoms with Crippen LogP contribution in [0.5, 0.6) is 0 Å². The molecule has 0 aliphatic heterocycles. The molecule has 0 aliphatic carbocycles. The summed E-state index contributed by atoms with van der Waals surface area (Å²) in [5.41, 5.74) is 2.55. The molecule has 2 aromatic heterocycles. The minimum Gasteiger partial charge on any atom is -0.366 e. The van der Waals surface area contributed by atoms with Gasteiger partial charge in [0.1, 0.15) is 11.4 Å². The maximum absolute atomic E-state index is 4.53. The summed E-state index contributed by atoms with van der Waals surface area (Å²) in [6.45, 7) is 1.97. The van der Waals surface area contributed by atoms with Crippen LogP contribution >= 0.6 is 0 Å². The lowest BCUT2D eigenvalue weighted by Gasteiger charge is -2.10. The largest absolute Gasteiger partial charge is 0.366 e.